The third-order valence-corrected chi connectivity index (χ3v) is 3.89. The van der Waals surface area contributed by atoms with Crippen molar-refractivity contribution in [3.05, 3.63) is 59.2 Å². The van der Waals surface area contributed by atoms with Gasteiger partial charge in [0.2, 0.25) is 0 Å². The average molecular weight is 283 g/mol. The van der Waals surface area contributed by atoms with E-state index in [1.807, 2.05) is 19.2 Å². The van der Waals surface area contributed by atoms with E-state index >= 15 is 0 Å². The minimum absolute atomic E-state index is 0.105. The van der Waals surface area contributed by atoms with Crippen molar-refractivity contribution in [3.8, 4) is 11.5 Å². The van der Waals surface area contributed by atoms with Crippen molar-refractivity contribution in [3.63, 3.8) is 0 Å². The third-order valence-electron chi connectivity index (χ3n) is 3.89. The fourth-order valence-corrected chi connectivity index (χ4v) is 2.82. The molecule has 0 saturated carbocycles. The molecule has 1 unspecified atom stereocenters. The summed E-state index contributed by atoms with van der Waals surface area (Å²) < 4.78 is 11.5. The van der Waals surface area contributed by atoms with Crippen LogP contribution >= 0.6 is 0 Å². The first-order valence-electron chi connectivity index (χ1n) is 7.48. The van der Waals surface area contributed by atoms with Crippen molar-refractivity contribution in [2.24, 2.45) is 0 Å². The fourth-order valence-electron chi connectivity index (χ4n) is 2.82. The van der Waals surface area contributed by atoms with E-state index in [9.17, 15) is 0 Å². The van der Waals surface area contributed by atoms with E-state index in [0.29, 0.717) is 13.2 Å². The highest BCUT2D eigenvalue weighted by molar-refractivity contribution is 5.51. The van der Waals surface area contributed by atoms with E-state index in [4.69, 9.17) is 9.47 Å². The maximum Gasteiger partial charge on any atom is 0.166 e. The molecule has 0 aliphatic carbocycles. The smallest absolute Gasteiger partial charge is 0.166 e. The summed E-state index contributed by atoms with van der Waals surface area (Å²) in [7, 11) is 1.98. The molecule has 3 nitrogen and oxygen atoms in total. The molecule has 1 N–H and O–H groups in total. The van der Waals surface area contributed by atoms with Gasteiger partial charge < -0.3 is 14.8 Å². The Hall–Kier alpha value is -2.00. The molecule has 0 aromatic heterocycles. The summed E-state index contributed by atoms with van der Waals surface area (Å²) in [6.45, 7) is 3.40. The van der Waals surface area contributed by atoms with Crippen LogP contribution in [-0.4, -0.2) is 20.3 Å². The molecule has 1 heterocycles. The van der Waals surface area contributed by atoms with Gasteiger partial charge in [-0.3, -0.25) is 0 Å². The first-order chi connectivity index (χ1) is 10.3. The van der Waals surface area contributed by atoms with Gasteiger partial charge in [0.25, 0.3) is 0 Å². The van der Waals surface area contributed by atoms with Crippen LogP contribution in [0.4, 0.5) is 0 Å². The fraction of sp³-hybridized carbons (Fsp3) is 0.333. The number of ether oxygens (including phenoxy) is 2. The van der Waals surface area contributed by atoms with Crippen LogP contribution in [0.1, 0.15) is 29.7 Å². The van der Waals surface area contributed by atoms with Gasteiger partial charge >= 0.3 is 0 Å². The van der Waals surface area contributed by atoms with E-state index in [1.165, 1.54) is 11.1 Å². The largest absolute Gasteiger partial charge is 0.486 e. The Morgan fingerprint density at radius 1 is 1.10 bits per heavy atom. The highest BCUT2D eigenvalue weighted by Gasteiger charge is 2.22. The molecule has 0 radical (unpaired) electrons. The van der Waals surface area contributed by atoms with Crippen molar-refractivity contribution in [1.82, 2.24) is 5.32 Å². The zero-order valence-electron chi connectivity index (χ0n) is 12.6. The maximum atomic E-state index is 5.85. The Balaban J connectivity index is 2.03. The van der Waals surface area contributed by atoms with E-state index in [0.717, 1.165) is 23.5 Å². The summed E-state index contributed by atoms with van der Waals surface area (Å²) in [5, 5.41) is 3.40. The SMILES string of the molecule is CCc1cccc(C(NC)c2cccc3c2OCCO3)c1. The quantitative estimate of drug-likeness (QED) is 0.933. The molecule has 0 bridgehead atoms. The summed E-state index contributed by atoms with van der Waals surface area (Å²) in [5.74, 6) is 1.70. The van der Waals surface area contributed by atoms with Crippen molar-refractivity contribution >= 4 is 0 Å². The molecule has 1 aliphatic rings. The molecule has 21 heavy (non-hydrogen) atoms. The molecule has 0 fully saturated rings. The van der Waals surface area contributed by atoms with E-state index in [-0.39, 0.29) is 6.04 Å². The van der Waals surface area contributed by atoms with Crippen molar-refractivity contribution in [2.45, 2.75) is 19.4 Å². The molecule has 3 heteroatoms. The highest BCUT2D eigenvalue weighted by Crippen LogP contribution is 2.39. The first kappa shape index (κ1) is 14.0. The van der Waals surface area contributed by atoms with Crippen molar-refractivity contribution < 1.29 is 9.47 Å². The lowest BCUT2D eigenvalue weighted by Gasteiger charge is -2.25. The molecule has 1 aliphatic heterocycles. The third kappa shape index (κ3) is 2.74. The Bertz CT molecular complexity index is 624. The second-order valence-corrected chi connectivity index (χ2v) is 5.19. The molecule has 1 atom stereocenters. The molecular formula is C18H21NO2. The van der Waals surface area contributed by atoms with Crippen LogP contribution < -0.4 is 14.8 Å². The van der Waals surface area contributed by atoms with Crippen LogP contribution in [0.3, 0.4) is 0 Å². The summed E-state index contributed by atoms with van der Waals surface area (Å²) in [6.07, 6.45) is 1.04. The number of hydrogen-bond acceptors (Lipinski definition) is 3. The minimum Gasteiger partial charge on any atom is -0.486 e. The van der Waals surface area contributed by atoms with Crippen LogP contribution in [0, 0.1) is 0 Å². The second-order valence-electron chi connectivity index (χ2n) is 5.19. The molecule has 110 valence electrons. The number of nitrogens with one attached hydrogen (secondary N) is 1. The lowest BCUT2D eigenvalue weighted by molar-refractivity contribution is 0.169. The Kier molecular flexibility index (Phi) is 4.11. The maximum absolute atomic E-state index is 5.85. The molecule has 2 aromatic rings. The van der Waals surface area contributed by atoms with Crippen LogP contribution in [0.15, 0.2) is 42.5 Å². The highest BCUT2D eigenvalue weighted by atomic mass is 16.6. The van der Waals surface area contributed by atoms with Gasteiger partial charge in [-0.1, -0.05) is 43.3 Å². The molecule has 0 spiro atoms. The summed E-state index contributed by atoms with van der Waals surface area (Å²) in [6, 6.07) is 14.9. The number of aryl methyl sites for hydroxylation is 1. The number of fused-ring (bicyclic) bond motifs is 1. The lowest BCUT2D eigenvalue weighted by atomic mass is 9.95. The Labute approximate surface area is 125 Å². The predicted octanol–water partition coefficient (Wildman–Crippen LogP) is 3.33. The molecule has 0 amide bonds. The molecule has 2 aromatic carbocycles. The summed E-state index contributed by atoms with van der Waals surface area (Å²) in [5.41, 5.74) is 3.72. The zero-order chi connectivity index (χ0) is 14.7. The van der Waals surface area contributed by atoms with Crippen molar-refractivity contribution in [1.29, 1.82) is 0 Å². The lowest BCUT2D eigenvalue weighted by Crippen LogP contribution is -2.22. The normalized spacial score (nSPS) is 14.8. The first-order valence-corrected chi connectivity index (χ1v) is 7.48. The number of benzene rings is 2. The van der Waals surface area contributed by atoms with Gasteiger partial charge in [-0.25, -0.2) is 0 Å². The van der Waals surface area contributed by atoms with Crippen molar-refractivity contribution in [2.75, 3.05) is 20.3 Å². The monoisotopic (exact) mass is 283 g/mol. The standard InChI is InChI=1S/C18H21NO2/c1-3-13-6-4-7-14(12-13)17(19-2)15-8-5-9-16-18(15)21-11-10-20-16/h4-9,12,17,19H,3,10-11H2,1-2H3. The van der Waals surface area contributed by atoms with Crippen LogP contribution in [0.2, 0.25) is 0 Å². The Morgan fingerprint density at radius 2 is 1.90 bits per heavy atom. The number of rotatable bonds is 4. The van der Waals surface area contributed by atoms with Gasteiger partial charge in [-0.05, 0) is 30.7 Å². The average Bonchev–Trinajstić information content (AvgIpc) is 2.56. The second kappa shape index (κ2) is 6.19. The van der Waals surface area contributed by atoms with Gasteiger partial charge in [0.05, 0.1) is 6.04 Å². The van der Waals surface area contributed by atoms with Gasteiger partial charge in [-0.15, -0.1) is 0 Å². The van der Waals surface area contributed by atoms with Gasteiger partial charge in [0.1, 0.15) is 13.2 Å². The van der Waals surface area contributed by atoms with Crippen LogP contribution in [-0.2, 0) is 6.42 Å². The molecule has 0 saturated heterocycles. The van der Waals surface area contributed by atoms with Crippen LogP contribution in [0.25, 0.3) is 0 Å². The van der Waals surface area contributed by atoms with Gasteiger partial charge in [0.15, 0.2) is 11.5 Å². The molecule has 3 rings (SSSR count). The summed E-state index contributed by atoms with van der Waals surface area (Å²) >= 11 is 0. The predicted molar refractivity (Wildman–Crippen MR) is 84.2 cm³/mol. The number of para-hydroxylation sites is 1. The van der Waals surface area contributed by atoms with E-state index in [1.54, 1.807) is 0 Å². The van der Waals surface area contributed by atoms with E-state index < -0.39 is 0 Å². The van der Waals surface area contributed by atoms with Gasteiger partial charge in [-0.2, -0.15) is 0 Å². The Morgan fingerprint density at radius 3 is 2.71 bits per heavy atom. The van der Waals surface area contributed by atoms with E-state index in [2.05, 4.69) is 42.6 Å². The van der Waals surface area contributed by atoms with Crippen LogP contribution in [0.5, 0.6) is 11.5 Å². The zero-order valence-corrected chi connectivity index (χ0v) is 12.6. The van der Waals surface area contributed by atoms with Gasteiger partial charge in [0, 0.05) is 5.56 Å². The molecular weight excluding hydrogens is 262 g/mol. The minimum atomic E-state index is 0.105. The topological polar surface area (TPSA) is 30.5 Å². The summed E-state index contributed by atoms with van der Waals surface area (Å²) in [4.78, 5) is 0. The number of hydrogen-bond donors (Lipinski definition) is 1.